The fraction of sp³-hybridized carbons (Fsp3) is 0.308. The van der Waals surface area contributed by atoms with E-state index in [0.29, 0.717) is 18.2 Å². The fourth-order valence-corrected chi connectivity index (χ4v) is 3.06. The van der Waals surface area contributed by atoms with Crippen LogP contribution in [-0.4, -0.2) is 13.4 Å². The molecule has 20 heavy (non-hydrogen) atoms. The monoisotopic (exact) mass is 311 g/mol. The maximum Gasteiger partial charge on any atom is 0.238 e. The summed E-state index contributed by atoms with van der Waals surface area (Å²) in [4.78, 5) is 5.67. The Labute approximate surface area is 122 Å². The van der Waals surface area contributed by atoms with Crippen molar-refractivity contribution in [3.05, 3.63) is 40.3 Å². The van der Waals surface area contributed by atoms with Gasteiger partial charge >= 0.3 is 0 Å². The van der Waals surface area contributed by atoms with Crippen LogP contribution in [0.3, 0.4) is 0 Å². The van der Waals surface area contributed by atoms with Gasteiger partial charge in [-0.15, -0.1) is 11.3 Å². The molecular weight excluding hydrogens is 294 g/mol. The SMILES string of the molecule is CC(C)c1cnc(CNc2cccc(S(N)(=O)=O)c2)s1. The molecule has 0 aliphatic heterocycles. The third kappa shape index (κ3) is 3.78. The van der Waals surface area contributed by atoms with Crippen molar-refractivity contribution >= 4 is 27.0 Å². The van der Waals surface area contributed by atoms with Crippen LogP contribution in [0.15, 0.2) is 35.4 Å². The normalized spacial score (nSPS) is 11.8. The first-order chi connectivity index (χ1) is 9.36. The van der Waals surface area contributed by atoms with E-state index < -0.39 is 10.0 Å². The highest BCUT2D eigenvalue weighted by Crippen LogP contribution is 2.22. The number of thiazole rings is 1. The molecule has 5 nitrogen and oxygen atoms in total. The molecule has 0 aliphatic carbocycles. The van der Waals surface area contributed by atoms with E-state index in [-0.39, 0.29) is 4.90 Å². The molecule has 2 rings (SSSR count). The predicted octanol–water partition coefficient (Wildman–Crippen LogP) is 2.53. The van der Waals surface area contributed by atoms with Crippen molar-refractivity contribution in [2.45, 2.75) is 31.2 Å². The minimum atomic E-state index is -3.67. The molecule has 3 N–H and O–H groups in total. The van der Waals surface area contributed by atoms with Crippen molar-refractivity contribution in [1.29, 1.82) is 0 Å². The smallest absolute Gasteiger partial charge is 0.238 e. The van der Waals surface area contributed by atoms with E-state index in [1.807, 2.05) is 6.20 Å². The van der Waals surface area contributed by atoms with Crippen molar-refractivity contribution in [1.82, 2.24) is 4.98 Å². The van der Waals surface area contributed by atoms with Crippen LogP contribution in [0.1, 0.15) is 29.7 Å². The van der Waals surface area contributed by atoms with Crippen LogP contribution < -0.4 is 10.5 Å². The second-order valence-corrected chi connectivity index (χ2v) is 7.45. The van der Waals surface area contributed by atoms with Crippen molar-refractivity contribution < 1.29 is 8.42 Å². The van der Waals surface area contributed by atoms with Crippen LogP contribution in [0.4, 0.5) is 5.69 Å². The van der Waals surface area contributed by atoms with Crippen LogP contribution >= 0.6 is 11.3 Å². The molecular formula is C13H17N3O2S2. The zero-order valence-electron chi connectivity index (χ0n) is 11.3. The molecule has 1 aromatic carbocycles. The topological polar surface area (TPSA) is 85.1 Å². The number of anilines is 1. The maximum atomic E-state index is 11.3. The highest BCUT2D eigenvalue weighted by atomic mass is 32.2. The Morgan fingerprint density at radius 2 is 2.15 bits per heavy atom. The molecule has 0 bridgehead atoms. The van der Waals surface area contributed by atoms with Gasteiger partial charge in [-0.05, 0) is 24.1 Å². The summed E-state index contributed by atoms with van der Waals surface area (Å²) in [6, 6.07) is 6.45. The second kappa shape index (κ2) is 5.90. The average Bonchev–Trinajstić information content (AvgIpc) is 2.85. The Morgan fingerprint density at radius 3 is 2.75 bits per heavy atom. The van der Waals surface area contributed by atoms with Crippen molar-refractivity contribution in [2.75, 3.05) is 5.32 Å². The summed E-state index contributed by atoms with van der Waals surface area (Å²) in [5, 5.41) is 9.22. The number of nitrogens with one attached hydrogen (secondary N) is 1. The van der Waals surface area contributed by atoms with E-state index in [2.05, 4.69) is 24.1 Å². The number of hydrogen-bond acceptors (Lipinski definition) is 5. The van der Waals surface area contributed by atoms with Crippen molar-refractivity contribution in [2.24, 2.45) is 5.14 Å². The summed E-state index contributed by atoms with van der Waals surface area (Å²) in [6.07, 6.45) is 1.88. The summed E-state index contributed by atoms with van der Waals surface area (Å²) in [5.41, 5.74) is 0.706. The van der Waals surface area contributed by atoms with Gasteiger partial charge in [0.1, 0.15) is 5.01 Å². The lowest BCUT2D eigenvalue weighted by Crippen LogP contribution is -2.12. The van der Waals surface area contributed by atoms with E-state index in [0.717, 1.165) is 5.01 Å². The molecule has 0 amide bonds. The minimum Gasteiger partial charge on any atom is -0.378 e. The minimum absolute atomic E-state index is 0.101. The molecule has 7 heteroatoms. The Balaban J connectivity index is 2.07. The molecule has 0 spiro atoms. The van der Waals surface area contributed by atoms with Crippen molar-refractivity contribution in [3.8, 4) is 0 Å². The van der Waals surface area contributed by atoms with Gasteiger partial charge in [-0.3, -0.25) is 0 Å². The van der Waals surface area contributed by atoms with E-state index in [1.165, 1.54) is 17.0 Å². The van der Waals surface area contributed by atoms with Crippen molar-refractivity contribution in [3.63, 3.8) is 0 Å². The zero-order valence-corrected chi connectivity index (χ0v) is 13.0. The third-order valence-electron chi connectivity index (χ3n) is 2.75. The molecule has 0 unspecified atom stereocenters. The number of nitrogens with two attached hydrogens (primary N) is 1. The summed E-state index contributed by atoms with van der Waals surface area (Å²) in [5.74, 6) is 0.465. The standard InChI is InChI=1S/C13H17N3O2S2/c1-9(2)12-7-16-13(19-12)8-15-10-4-3-5-11(6-10)20(14,17)18/h3-7,9,15H,8H2,1-2H3,(H2,14,17,18). The molecule has 108 valence electrons. The lowest BCUT2D eigenvalue weighted by Gasteiger charge is -2.06. The van der Waals surface area contributed by atoms with Gasteiger partial charge in [-0.25, -0.2) is 18.5 Å². The average molecular weight is 311 g/mol. The van der Waals surface area contributed by atoms with Crippen LogP contribution in [0.5, 0.6) is 0 Å². The number of rotatable bonds is 5. The predicted molar refractivity (Wildman–Crippen MR) is 81.3 cm³/mol. The number of benzene rings is 1. The van der Waals surface area contributed by atoms with Gasteiger partial charge < -0.3 is 5.32 Å². The van der Waals surface area contributed by atoms with Gasteiger partial charge in [-0.2, -0.15) is 0 Å². The van der Waals surface area contributed by atoms with Gasteiger partial charge in [0.05, 0.1) is 11.4 Å². The third-order valence-corrected chi connectivity index (χ3v) is 4.96. The lowest BCUT2D eigenvalue weighted by molar-refractivity contribution is 0.598. The highest BCUT2D eigenvalue weighted by molar-refractivity contribution is 7.89. The van der Waals surface area contributed by atoms with E-state index in [4.69, 9.17) is 5.14 Å². The molecule has 0 aliphatic rings. The van der Waals surface area contributed by atoms with E-state index in [1.54, 1.807) is 23.5 Å². The lowest BCUT2D eigenvalue weighted by atomic mass is 10.2. The molecule has 2 aromatic rings. The Bertz CT molecular complexity index is 693. The van der Waals surface area contributed by atoms with Gasteiger partial charge in [0.2, 0.25) is 10.0 Å². The van der Waals surface area contributed by atoms with Crippen LogP contribution in [0.25, 0.3) is 0 Å². The molecule has 1 aromatic heterocycles. The fourth-order valence-electron chi connectivity index (χ4n) is 1.63. The second-order valence-electron chi connectivity index (χ2n) is 4.74. The summed E-state index contributed by atoms with van der Waals surface area (Å²) in [7, 11) is -3.67. The van der Waals surface area contributed by atoms with Crippen LogP contribution in [-0.2, 0) is 16.6 Å². The van der Waals surface area contributed by atoms with Gasteiger partial charge in [0.15, 0.2) is 0 Å². The summed E-state index contributed by atoms with van der Waals surface area (Å²) in [6.45, 7) is 4.81. The van der Waals surface area contributed by atoms with Gasteiger partial charge in [0, 0.05) is 16.8 Å². The Kier molecular flexibility index (Phi) is 4.42. The number of nitrogens with zero attached hydrogens (tertiary/aromatic N) is 1. The first-order valence-electron chi connectivity index (χ1n) is 6.17. The number of aromatic nitrogens is 1. The largest absolute Gasteiger partial charge is 0.378 e. The first kappa shape index (κ1) is 15.0. The quantitative estimate of drug-likeness (QED) is 0.888. The molecule has 1 heterocycles. The van der Waals surface area contributed by atoms with Crippen LogP contribution in [0, 0.1) is 0 Å². The van der Waals surface area contributed by atoms with Gasteiger partial charge in [-0.1, -0.05) is 19.9 Å². The Hall–Kier alpha value is -1.44. The zero-order chi connectivity index (χ0) is 14.8. The first-order valence-corrected chi connectivity index (χ1v) is 8.54. The van der Waals surface area contributed by atoms with Gasteiger partial charge in [0.25, 0.3) is 0 Å². The molecule has 0 fully saturated rings. The number of sulfonamides is 1. The number of primary sulfonamides is 1. The summed E-state index contributed by atoms with van der Waals surface area (Å²) < 4.78 is 22.6. The molecule has 0 saturated carbocycles. The molecule has 0 atom stereocenters. The number of hydrogen-bond donors (Lipinski definition) is 2. The van der Waals surface area contributed by atoms with Crippen LogP contribution in [0.2, 0.25) is 0 Å². The van der Waals surface area contributed by atoms with E-state index in [9.17, 15) is 8.42 Å². The summed E-state index contributed by atoms with van der Waals surface area (Å²) >= 11 is 1.65. The van der Waals surface area contributed by atoms with E-state index >= 15 is 0 Å². The maximum absolute atomic E-state index is 11.3. The Morgan fingerprint density at radius 1 is 1.40 bits per heavy atom. The molecule has 0 saturated heterocycles. The highest BCUT2D eigenvalue weighted by Gasteiger charge is 2.09. The molecule has 0 radical (unpaired) electrons.